The summed E-state index contributed by atoms with van der Waals surface area (Å²) in [5.41, 5.74) is 3.26. The number of benzene rings is 2. The first-order chi connectivity index (χ1) is 13.3. The summed E-state index contributed by atoms with van der Waals surface area (Å²) in [7, 11) is 0. The predicted molar refractivity (Wildman–Crippen MR) is 112 cm³/mol. The summed E-state index contributed by atoms with van der Waals surface area (Å²) in [5, 5.41) is 0.689. The Morgan fingerprint density at radius 1 is 1.11 bits per heavy atom. The number of hydrogen-bond acceptors (Lipinski definition) is 3. The third-order valence-corrected chi connectivity index (χ3v) is 5.29. The van der Waals surface area contributed by atoms with E-state index in [9.17, 15) is 9.59 Å². The Labute approximate surface area is 174 Å². The van der Waals surface area contributed by atoms with Gasteiger partial charge in [-0.1, -0.05) is 53.0 Å². The van der Waals surface area contributed by atoms with E-state index >= 15 is 0 Å². The number of aryl methyl sites for hydroxylation is 1. The Morgan fingerprint density at radius 2 is 1.79 bits per heavy atom. The molecule has 0 spiro atoms. The number of amides is 1. The van der Waals surface area contributed by atoms with Crippen LogP contribution in [0.15, 0.2) is 59.3 Å². The van der Waals surface area contributed by atoms with Crippen molar-refractivity contribution in [2.45, 2.75) is 20.8 Å². The molecule has 0 fully saturated rings. The van der Waals surface area contributed by atoms with Crippen molar-refractivity contribution in [1.82, 2.24) is 0 Å². The molecule has 1 aliphatic heterocycles. The largest absolute Gasteiger partial charge is 0.462 e. The number of hydrogen-bond donors (Lipinski definition) is 0. The molecule has 1 aliphatic rings. The third-order valence-electron chi connectivity index (χ3n) is 4.45. The molecule has 2 aromatic carbocycles. The number of nitrogens with zero attached hydrogens (tertiary/aromatic N) is 1. The van der Waals surface area contributed by atoms with Crippen LogP contribution in [0.25, 0.3) is 6.08 Å². The first kappa shape index (κ1) is 20.2. The van der Waals surface area contributed by atoms with Gasteiger partial charge in [-0.15, -0.1) is 0 Å². The number of anilines is 1. The molecule has 0 radical (unpaired) electrons. The maximum absolute atomic E-state index is 13.3. The normalized spacial score (nSPS) is 15.5. The second-order valence-corrected chi connectivity index (χ2v) is 7.14. The number of carbonyl (C=O) groups is 2. The molecule has 0 saturated heterocycles. The molecule has 1 heterocycles. The summed E-state index contributed by atoms with van der Waals surface area (Å²) >= 11 is 12.4. The lowest BCUT2D eigenvalue weighted by atomic mass is 10.0. The lowest BCUT2D eigenvalue weighted by Gasteiger charge is -2.18. The number of halogens is 2. The van der Waals surface area contributed by atoms with Crippen LogP contribution in [0.5, 0.6) is 0 Å². The van der Waals surface area contributed by atoms with Crippen molar-refractivity contribution < 1.29 is 14.3 Å². The molecule has 2 aromatic rings. The molecular formula is C22H19Cl2NO3. The van der Waals surface area contributed by atoms with Gasteiger partial charge < -0.3 is 4.74 Å². The van der Waals surface area contributed by atoms with Gasteiger partial charge in [0.15, 0.2) is 0 Å². The highest BCUT2D eigenvalue weighted by Gasteiger charge is 2.38. The van der Waals surface area contributed by atoms with E-state index in [2.05, 4.69) is 0 Å². The highest BCUT2D eigenvalue weighted by Crippen LogP contribution is 2.37. The number of allylic oxidation sites excluding steroid dienone is 1. The maximum Gasteiger partial charge on any atom is 0.340 e. The second kappa shape index (κ2) is 8.21. The molecule has 0 aromatic heterocycles. The molecule has 28 heavy (non-hydrogen) atoms. The molecule has 0 N–H and O–H groups in total. The number of rotatable bonds is 4. The number of ether oxygens (including phenoxy) is 1. The molecule has 3 rings (SSSR count). The SMILES string of the molecule is CCOC(=O)C1=C(C)N(c2ccc(C)cc2)C(=O)/C1=C\c1cccc(Cl)c1Cl. The zero-order valence-corrected chi connectivity index (χ0v) is 17.3. The van der Waals surface area contributed by atoms with E-state index < -0.39 is 5.97 Å². The van der Waals surface area contributed by atoms with Gasteiger partial charge in [-0.05, 0) is 50.6 Å². The summed E-state index contributed by atoms with van der Waals surface area (Å²) in [6.07, 6.45) is 1.58. The molecule has 6 heteroatoms. The minimum Gasteiger partial charge on any atom is -0.462 e. The molecule has 0 bridgehead atoms. The summed E-state index contributed by atoms with van der Waals surface area (Å²) in [6, 6.07) is 12.6. The van der Waals surface area contributed by atoms with Gasteiger partial charge in [-0.2, -0.15) is 0 Å². The van der Waals surface area contributed by atoms with Gasteiger partial charge in [-0.25, -0.2) is 4.79 Å². The van der Waals surface area contributed by atoms with Crippen molar-refractivity contribution >= 4 is 46.8 Å². The number of esters is 1. The Bertz CT molecular complexity index is 1010. The van der Waals surface area contributed by atoms with Gasteiger partial charge in [0, 0.05) is 11.4 Å². The van der Waals surface area contributed by atoms with Gasteiger partial charge in [-0.3, -0.25) is 9.69 Å². The Kier molecular flexibility index (Phi) is 5.92. The van der Waals surface area contributed by atoms with E-state index in [0.717, 1.165) is 5.56 Å². The van der Waals surface area contributed by atoms with Gasteiger partial charge in [0.1, 0.15) is 0 Å². The van der Waals surface area contributed by atoms with Crippen LogP contribution in [-0.2, 0) is 14.3 Å². The van der Waals surface area contributed by atoms with Crippen molar-refractivity contribution in [3.8, 4) is 0 Å². The Balaban J connectivity index is 2.16. The fourth-order valence-corrected chi connectivity index (χ4v) is 3.44. The Morgan fingerprint density at radius 3 is 2.43 bits per heavy atom. The smallest absolute Gasteiger partial charge is 0.340 e. The molecule has 0 unspecified atom stereocenters. The van der Waals surface area contributed by atoms with E-state index in [1.165, 1.54) is 4.90 Å². The molecule has 1 amide bonds. The summed E-state index contributed by atoms with van der Waals surface area (Å²) < 4.78 is 5.19. The van der Waals surface area contributed by atoms with E-state index in [4.69, 9.17) is 27.9 Å². The minimum atomic E-state index is -0.549. The van der Waals surface area contributed by atoms with Crippen molar-refractivity contribution in [3.63, 3.8) is 0 Å². The van der Waals surface area contributed by atoms with Crippen LogP contribution in [0.2, 0.25) is 10.0 Å². The first-order valence-electron chi connectivity index (χ1n) is 8.80. The molecular weight excluding hydrogens is 397 g/mol. The fourth-order valence-electron chi connectivity index (χ4n) is 3.07. The summed E-state index contributed by atoms with van der Waals surface area (Å²) in [6.45, 7) is 5.62. The van der Waals surface area contributed by atoms with Crippen molar-refractivity contribution in [2.24, 2.45) is 0 Å². The van der Waals surface area contributed by atoms with E-state index in [1.54, 1.807) is 38.1 Å². The lowest BCUT2D eigenvalue weighted by Crippen LogP contribution is -2.24. The predicted octanol–water partition coefficient (Wildman–Crippen LogP) is 5.57. The Hall–Kier alpha value is -2.56. The van der Waals surface area contributed by atoms with Crippen molar-refractivity contribution in [1.29, 1.82) is 0 Å². The second-order valence-electron chi connectivity index (χ2n) is 6.36. The zero-order chi connectivity index (χ0) is 20.4. The van der Waals surface area contributed by atoms with Crippen molar-refractivity contribution in [2.75, 3.05) is 11.5 Å². The average Bonchev–Trinajstić information content (AvgIpc) is 2.90. The molecule has 144 valence electrons. The monoisotopic (exact) mass is 415 g/mol. The fraction of sp³-hybridized carbons (Fsp3) is 0.182. The topological polar surface area (TPSA) is 46.6 Å². The van der Waals surface area contributed by atoms with Crippen LogP contribution in [0.3, 0.4) is 0 Å². The first-order valence-corrected chi connectivity index (χ1v) is 9.56. The van der Waals surface area contributed by atoms with E-state index in [-0.39, 0.29) is 23.7 Å². The van der Waals surface area contributed by atoms with Crippen LogP contribution in [0.4, 0.5) is 5.69 Å². The molecule has 0 atom stereocenters. The zero-order valence-electron chi connectivity index (χ0n) is 15.8. The summed E-state index contributed by atoms with van der Waals surface area (Å²) in [4.78, 5) is 27.4. The van der Waals surface area contributed by atoms with Gasteiger partial charge in [0.05, 0.1) is 27.8 Å². The summed E-state index contributed by atoms with van der Waals surface area (Å²) in [5.74, 6) is -0.868. The highest BCUT2D eigenvalue weighted by molar-refractivity contribution is 6.43. The minimum absolute atomic E-state index is 0.208. The maximum atomic E-state index is 13.3. The van der Waals surface area contributed by atoms with Crippen molar-refractivity contribution in [3.05, 3.63) is 80.5 Å². The van der Waals surface area contributed by atoms with Crippen LogP contribution in [-0.4, -0.2) is 18.5 Å². The van der Waals surface area contributed by atoms with Gasteiger partial charge in [0.25, 0.3) is 5.91 Å². The van der Waals surface area contributed by atoms with Crippen LogP contribution in [0.1, 0.15) is 25.0 Å². The average molecular weight is 416 g/mol. The van der Waals surface area contributed by atoms with Crippen LogP contribution >= 0.6 is 23.2 Å². The quantitative estimate of drug-likeness (QED) is 0.484. The van der Waals surface area contributed by atoms with Gasteiger partial charge >= 0.3 is 5.97 Å². The van der Waals surface area contributed by atoms with E-state index in [1.807, 2.05) is 31.2 Å². The van der Waals surface area contributed by atoms with Crippen LogP contribution < -0.4 is 4.90 Å². The van der Waals surface area contributed by atoms with Crippen LogP contribution in [0, 0.1) is 6.92 Å². The standard InChI is InChI=1S/C22H19Cl2NO3/c1-4-28-22(27)19-14(3)25(16-10-8-13(2)9-11-16)21(26)17(19)12-15-6-5-7-18(23)20(15)24/h5-12H,4H2,1-3H3/b17-12-. The highest BCUT2D eigenvalue weighted by atomic mass is 35.5. The molecule has 0 aliphatic carbocycles. The molecule has 0 saturated carbocycles. The number of carbonyl (C=O) groups excluding carboxylic acids is 2. The molecule has 4 nitrogen and oxygen atoms in total. The van der Waals surface area contributed by atoms with E-state index in [0.29, 0.717) is 27.0 Å². The third kappa shape index (κ3) is 3.71. The van der Waals surface area contributed by atoms with Gasteiger partial charge in [0.2, 0.25) is 0 Å². The lowest BCUT2D eigenvalue weighted by molar-refractivity contribution is -0.138.